The minimum absolute atomic E-state index is 0.0102. The van der Waals surface area contributed by atoms with Crippen molar-refractivity contribution in [1.82, 2.24) is 0 Å². The quantitative estimate of drug-likeness (QED) is 0.666. The summed E-state index contributed by atoms with van der Waals surface area (Å²) in [5.74, 6) is 0.0102. The van der Waals surface area contributed by atoms with Gasteiger partial charge in [-0.15, -0.1) is 0 Å². The Hall–Kier alpha value is -0.640. The lowest BCUT2D eigenvalue weighted by molar-refractivity contribution is -0.197. The van der Waals surface area contributed by atoms with Crippen LogP contribution in [0.1, 0.15) is 40.0 Å². The molecule has 3 N–H and O–H groups in total. The van der Waals surface area contributed by atoms with Crippen LogP contribution in [0.3, 0.4) is 0 Å². The Morgan fingerprint density at radius 3 is 2.44 bits per heavy atom. The Balaban J connectivity index is 2.36. The summed E-state index contributed by atoms with van der Waals surface area (Å²) in [6, 6.07) is 0. The van der Waals surface area contributed by atoms with E-state index in [0.29, 0.717) is 12.8 Å². The highest BCUT2D eigenvalue weighted by Gasteiger charge is 2.60. The molecule has 0 amide bonds. The van der Waals surface area contributed by atoms with Crippen LogP contribution in [0.4, 0.5) is 0 Å². The molecule has 0 aromatic heterocycles. The van der Waals surface area contributed by atoms with Crippen molar-refractivity contribution in [2.24, 2.45) is 11.3 Å². The third-order valence-electron chi connectivity index (χ3n) is 4.87. The van der Waals surface area contributed by atoms with Crippen molar-refractivity contribution >= 4 is 0 Å². The van der Waals surface area contributed by atoms with Gasteiger partial charge in [-0.1, -0.05) is 32.1 Å². The zero-order valence-corrected chi connectivity index (χ0v) is 11.5. The number of aliphatic hydroxyl groups excluding tert-OH is 1. The molecule has 0 aromatic rings. The van der Waals surface area contributed by atoms with E-state index in [1.807, 2.05) is 6.08 Å². The van der Waals surface area contributed by atoms with Crippen LogP contribution in [0.5, 0.6) is 0 Å². The fourth-order valence-electron chi connectivity index (χ4n) is 3.33. The van der Waals surface area contributed by atoms with Crippen LogP contribution in [-0.2, 0) is 0 Å². The van der Waals surface area contributed by atoms with E-state index < -0.39 is 11.2 Å². The fraction of sp³-hybridized carbons (Fsp3) is 0.733. The van der Waals surface area contributed by atoms with Gasteiger partial charge in [0.2, 0.25) is 0 Å². The smallest absolute Gasteiger partial charge is 0.0803 e. The summed E-state index contributed by atoms with van der Waals surface area (Å²) in [4.78, 5) is 0. The maximum Gasteiger partial charge on any atom is 0.0803 e. The molecule has 2 rings (SSSR count). The minimum Gasteiger partial charge on any atom is -0.392 e. The first-order chi connectivity index (χ1) is 8.22. The highest BCUT2D eigenvalue weighted by atomic mass is 16.3. The highest BCUT2D eigenvalue weighted by molar-refractivity contribution is 5.28. The predicted molar refractivity (Wildman–Crippen MR) is 71.0 cm³/mol. The molecule has 0 radical (unpaired) electrons. The molecule has 0 aromatic carbocycles. The van der Waals surface area contributed by atoms with Crippen molar-refractivity contribution in [2.45, 2.75) is 51.2 Å². The van der Waals surface area contributed by atoms with E-state index in [-0.39, 0.29) is 17.9 Å². The van der Waals surface area contributed by atoms with E-state index in [1.165, 1.54) is 0 Å². The standard InChI is InChI=1S/C15H24O3/c1-13(2)9-12-11(10-16)5-4-6-14(3,17)7-8-15(12,13)18/h4-6,12,16-18H,7-10H2,1-3H3/b6-4-,11-5+/t12-,14-,15+/m1/s1. The molecule has 0 aliphatic heterocycles. The minimum atomic E-state index is -0.895. The highest BCUT2D eigenvalue weighted by Crippen LogP contribution is 2.59. The van der Waals surface area contributed by atoms with E-state index >= 15 is 0 Å². The average molecular weight is 252 g/mol. The van der Waals surface area contributed by atoms with Gasteiger partial charge in [0.15, 0.2) is 0 Å². The molecule has 0 spiro atoms. The average Bonchev–Trinajstić information content (AvgIpc) is 2.32. The van der Waals surface area contributed by atoms with Crippen LogP contribution in [0, 0.1) is 11.3 Å². The van der Waals surface area contributed by atoms with Crippen molar-refractivity contribution in [3.63, 3.8) is 0 Å². The summed E-state index contributed by atoms with van der Waals surface area (Å²) in [5, 5.41) is 30.6. The van der Waals surface area contributed by atoms with Crippen molar-refractivity contribution in [1.29, 1.82) is 0 Å². The SMILES string of the molecule is CC1(C)C[C@@H]2/C(CO)=C/C=C\[C@@](C)(O)CC[C@]21O. The van der Waals surface area contributed by atoms with E-state index in [9.17, 15) is 15.3 Å². The Morgan fingerprint density at radius 1 is 1.22 bits per heavy atom. The van der Waals surface area contributed by atoms with Gasteiger partial charge in [-0.05, 0) is 37.2 Å². The molecule has 2 aliphatic rings. The largest absolute Gasteiger partial charge is 0.392 e. The monoisotopic (exact) mass is 252 g/mol. The fourth-order valence-corrected chi connectivity index (χ4v) is 3.33. The Bertz CT molecular complexity index is 393. The first-order valence-electron chi connectivity index (χ1n) is 6.66. The lowest BCUT2D eigenvalue weighted by atomic mass is 9.48. The van der Waals surface area contributed by atoms with Crippen LogP contribution in [-0.4, -0.2) is 33.1 Å². The molecule has 3 nitrogen and oxygen atoms in total. The number of hydrogen-bond acceptors (Lipinski definition) is 3. The first kappa shape index (κ1) is 13.8. The van der Waals surface area contributed by atoms with Gasteiger partial charge >= 0.3 is 0 Å². The molecular formula is C15H24O3. The summed E-state index contributed by atoms with van der Waals surface area (Å²) < 4.78 is 0. The van der Waals surface area contributed by atoms with Crippen LogP contribution in [0.15, 0.2) is 23.8 Å². The molecule has 2 aliphatic carbocycles. The van der Waals surface area contributed by atoms with Crippen LogP contribution >= 0.6 is 0 Å². The molecule has 0 unspecified atom stereocenters. The van der Waals surface area contributed by atoms with Gasteiger partial charge < -0.3 is 15.3 Å². The van der Waals surface area contributed by atoms with Crippen molar-refractivity contribution in [2.75, 3.05) is 6.61 Å². The van der Waals surface area contributed by atoms with E-state index in [1.54, 1.807) is 19.1 Å². The molecule has 0 heterocycles. The lowest BCUT2D eigenvalue weighted by Gasteiger charge is -2.60. The summed E-state index contributed by atoms with van der Waals surface area (Å²) >= 11 is 0. The Kier molecular flexibility index (Phi) is 3.21. The summed E-state index contributed by atoms with van der Waals surface area (Å²) in [6.45, 7) is 5.83. The van der Waals surface area contributed by atoms with E-state index in [4.69, 9.17) is 0 Å². The second-order valence-corrected chi connectivity index (χ2v) is 6.68. The van der Waals surface area contributed by atoms with E-state index in [2.05, 4.69) is 13.8 Å². The third-order valence-corrected chi connectivity index (χ3v) is 4.87. The third kappa shape index (κ3) is 2.04. The molecular weight excluding hydrogens is 228 g/mol. The van der Waals surface area contributed by atoms with Crippen LogP contribution < -0.4 is 0 Å². The van der Waals surface area contributed by atoms with Gasteiger partial charge in [0.05, 0.1) is 17.8 Å². The lowest BCUT2D eigenvalue weighted by Crippen LogP contribution is -2.62. The maximum absolute atomic E-state index is 10.9. The summed E-state index contributed by atoms with van der Waals surface area (Å²) in [7, 11) is 0. The van der Waals surface area contributed by atoms with Crippen LogP contribution in [0.25, 0.3) is 0 Å². The van der Waals surface area contributed by atoms with Gasteiger partial charge in [0, 0.05) is 5.92 Å². The molecule has 0 saturated heterocycles. The second kappa shape index (κ2) is 4.19. The van der Waals surface area contributed by atoms with Crippen molar-refractivity contribution < 1.29 is 15.3 Å². The van der Waals surface area contributed by atoms with Crippen molar-refractivity contribution in [3.05, 3.63) is 23.8 Å². The predicted octanol–water partition coefficient (Wildman–Crippen LogP) is 1.78. The van der Waals surface area contributed by atoms with E-state index in [0.717, 1.165) is 12.0 Å². The zero-order chi connectivity index (χ0) is 13.6. The Labute approximate surface area is 109 Å². The normalized spacial score (nSPS) is 47.7. The van der Waals surface area contributed by atoms with Gasteiger partial charge in [-0.3, -0.25) is 0 Å². The van der Waals surface area contributed by atoms with Crippen LogP contribution in [0.2, 0.25) is 0 Å². The topological polar surface area (TPSA) is 60.7 Å². The second-order valence-electron chi connectivity index (χ2n) is 6.68. The molecule has 3 atom stereocenters. The Morgan fingerprint density at radius 2 is 1.89 bits per heavy atom. The van der Waals surface area contributed by atoms with Crippen molar-refractivity contribution in [3.8, 4) is 0 Å². The van der Waals surface area contributed by atoms with Gasteiger partial charge in [0.25, 0.3) is 0 Å². The number of rotatable bonds is 1. The number of fused-ring (bicyclic) bond motifs is 1. The summed E-state index contributed by atoms with van der Waals surface area (Å²) in [5.41, 5.74) is -1.01. The molecule has 0 bridgehead atoms. The van der Waals surface area contributed by atoms with Gasteiger partial charge in [-0.25, -0.2) is 0 Å². The molecule has 102 valence electrons. The van der Waals surface area contributed by atoms with Gasteiger partial charge in [-0.2, -0.15) is 0 Å². The molecule has 18 heavy (non-hydrogen) atoms. The molecule has 3 heteroatoms. The number of hydrogen-bond donors (Lipinski definition) is 3. The number of allylic oxidation sites excluding steroid dienone is 2. The number of aliphatic hydroxyl groups is 3. The maximum atomic E-state index is 10.9. The summed E-state index contributed by atoms with van der Waals surface area (Å²) in [6.07, 6.45) is 7.34. The first-order valence-corrected chi connectivity index (χ1v) is 6.66. The van der Waals surface area contributed by atoms with Gasteiger partial charge in [0.1, 0.15) is 0 Å². The molecule has 1 fully saturated rings. The zero-order valence-electron chi connectivity index (χ0n) is 11.5. The molecule has 1 saturated carbocycles.